The van der Waals surface area contributed by atoms with Crippen molar-refractivity contribution in [2.45, 2.75) is 36.8 Å². The summed E-state index contributed by atoms with van der Waals surface area (Å²) >= 11 is 0. The second-order valence-electron chi connectivity index (χ2n) is 8.30. The van der Waals surface area contributed by atoms with E-state index in [4.69, 9.17) is 9.47 Å². The van der Waals surface area contributed by atoms with E-state index in [0.29, 0.717) is 22.2 Å². The molecule has 2 amide bonds. The topological polar surface area (TPSA) is 116 Å². The molecule has 4 fully saturated rings. The highest BCUT2D eigenvalue weighted by molar-refractivity contribution is 6.26. The Balaban J connectivity index is 1.52. The van der Waals surface area contributed by atoms with Crippen LogP contribution in [0.1, 0.15) is 18.9 Å². The lowest BCUT2D eigenvalue weighted by Gasteiger charge is -2.30. The quantitative estimate of drug-likeness (QED) is 0.610. The molecular weight excluding hydrogens is 374 g/mol. The molecule has 5 heterocycles. The van der Waals surface area contributed by atoms with Crippen LogP contribution in [-0.4, -0.2) is 51.9 Å². The van der Waals surface area contributed by atoms with Crippen molar-refractivity contribution in [3.05, 3.63) is 36.0 Å². The Hall–Kier alpha value is -2.86. The van der Waals surface area contributed by atoms with Crippen molar-refractivity contribution >= 4 is 28.4 Å². The number of rotatable bonds is 3. The van der Waals surface area contributed by atoms with Crippen LogP contribution in [-0.2, 0) is 19.1 Å². The molecule has 6 unspecified atom stereocenters. The second kappa shape index (κ2) is 5.19. The van der Waals surface area contributed by atoms with Crippen LogP contribution in [0.15, 0.2) is 30.5 Å². The number of anilines is 1. The Labute approximate surface area is 165 Å². The van der Waals surface area contributed by atoms with Crippen molar-refractivity contribution in [2.24, 2.45) is 11.8 Å². The van der Waals surface area contributed by atoms with Gasteiger partial charge in [-0.25, -0.2) is 4.90 Å². The van der Waals surface area contributed by atoms with Gasteiger partial charge in [-0.05, 0) is 31.2 Å². The lowest BCUT2D eigenvalue weighted by molar-refractivity contribution is -0.146. The van der Waals surface area contributed by atoms with Crippen molar-refractivity contribution in [3.63, 3.8) is 0 Å². The van der Waals surface area contributed by atoms with Crippen LogP contribution >= 0.6 is 0 Å². The van der Waals surface area contributed by atoms with Crippen molar-refractivity contribution < 1.29 is 24.2 Å². The summed E-state index contributed by atoms with van der Waals surface area (Å²) in [5.74, 6) is -2.03. The minimum Gasteiger partial charge on any atom is -0.396 e. The van der Waals surface area contributed by atoms with Crippen LogP contribution in [0.4, 0.5) is 5.69 Å². The van der Waals surface area contributed by atoms with Gasteiger partial charge in [0.15, 0.2) is 0 Å². The van der Waals surface area contributed by atoms with E-state index in [1.807, 2.05) is 6.92 Å². The third-order valence-corrected chi connectivity index (χ3v) is 7.01. The molecule has 6 rings (SSSR count). The van der Waals surface area contributed by atoms with Gasteiger partial charge in [0.25, 0.3) is 0 Å². The maximum Gasteiger partial charge on any atom is 0.240 e. The predicted molar refractivity (Wildman–Crippen MR) is 98.5 cm³/mol. The van der Waals surface area contributed by atoms with Gasteiger partial charge < -0.3 is 14.6 Å². The average Bonchev–Trinajstić information content (AvgIpc) is 3.38. The summed E-state index contributed by atoms with van der Waals surface area (Å²) in [6.07, 6.45) is 1.32. The Morgan fingerprint density at radius 3 is 2.79 bits per heavy atom. The number of imide groups is 1. The first-order valence-electron chi connectivity index (χ1n) is 9.60. The molecule has 0 saturated carbocycles. The molecule has 146 valence electrons. The van der Waals surface area contributed by atoms with Gasteiger partial charge in [0, 0.05) is 24.6 Å². The fraction of sp³-hybridized carbons (Fsp3) is 0.429. The molecule has 4 aliphatic rings. The van der Waals surface area contributed by atoms with Crippen molar-refractivity contribution in [1.29, 1.82) is 5.26 Å². The van der Waals surface area contributed by atoms with Crippen LogP contribution in [0.2, 0.25) is 0 Å². The number of aromatic nitrogens is 1. The maximum absolute atomic E-state index is 13.6. The largest absolute Gasteiger partial charge is 0.396 e. The van der Waals surface area contributed by atoms with Crippen LogP contribution < -0.4 is 4.90 Å². The van der Waals surface area contributed by atoms with E-state index in [9.17, 15) is 20.0 Å². The highest BCUT2D eigenvalue weighted by Gasteiger charge is 2.86. The van der Waals surface area contributed by atoms with Crippen molar-refractivity contribution in [1.82, 2.24) is 4.98 Å². The zero-order valence-electron chi connectivity index (χ0n) is 15.5. The Kier molecular flexibility index (Phi) is 3.05. The molecule has 2 bridgehead atoms. The first kappa shape index (κ1) is 17.0. The van der Waals surface area contributed by atoms with E-state index in [1.54, 1.807) is 30.5 Å². The van der Waals surface area contributed by atoms with Gasteiger partial charge in [0.05, 0.1) is 28.6 Å². The third kappa shape index (κ3) is 1.77. The van der Waals surface area contributed by atoms with Gasteiger partial charge in [-0.2, -0.15) is 5.26 Å². The van der Waals surface area contributed by atoms with Gasteiger partial charge in [-0.15, -0.1) is 0 Å². The minimum absolute atomic E-state index is 0.156. The van der Waals surface area contributed by atoms with Crippen LogP contribution in [0, 0.1) is 23.2 Å². The number of fused-ring (bicyclic) bond motifs is 9. The highest BCUT2D eigenvalue weighted by atomic mass is 16.7. The number of hydrogen-bond donors (Lipinski definition) is 1. The molecule has 1 aromatic carbocycles. The number of nitriles is 1. The summed E-state index contributed by atoms with van der Waals surface area (Å²) < 4.78 is 12.0. The van der Waals surface area contributed by atoms with E-state index >= 15 is 0 Å². The fourth-order valence-corrected chi connectivity index (χ4v) is 5.87. The Morgan fingerprint density at radius 1 is 1.24 bits per heavy atom. The number of benzene rings is 1. The molecule has 6 atom stereocenters. The number of carbonyl (C=O) groups excluding carboxylic acids is 2. The van der Waals surface area contributed by atoms with Gasteiger partial charge in [0.1, 0.15) is 29.5 Å². The number of hydrogen-bond acceptors (Lipinski definition) is 7. The number of aliphatic hydroxyl groups is 1. The highest BCUT2D eigenvalue weighted by Crippen LogP contribution is 2.69. The van der Waals surface area contributed by atoms with Gasteiger partial charge in [-0.1, -0.05) is 0 Å². The smallest absolute Gasteiger partial charge is 0.240 e. The molecule has 4 saturated heterocycles. The molecule has 29 heavy (non-hydrogen) atoms. The summed E-state index contributed by atoms with van der Waals surface area (Å²) in [4.78, 5) is 32.6. The first-order valence-corrected chi connectivity index (χ1v) is 9.60. The molecule has 8 nitrogen and oxygen atoms in total. The van der Waals surface area contributed by atoms with E-state index < -0.39 is 23.0 Å². The molecule has 0 spiro atoms. The minimum atomic E-state index is -0.971. The lowest BCUT2D eigenvalue weighted by Crippen LogP contribution is -2.47. The van der Waals surface area contributed by atoms with E-state index in [0.717, 1.165) is 0 Å². The van der Waals surface area contributed by atoms with Crippen LogP contribution in [0.5, 0.6) is 0 Å². The molecule has 1 N–H and O–H groups in total. The molecule has 4 aliphatic heterocycles. The molecule has 1 aromatic heterocycles. The summed E-state index contributed by atoms with van der Waals surface area (Å²) in [5, 5.41) is 19.6. The van der Waals surface area contributed by atoms with Gasteiger partial charge in [-0.3, -0.25) is 14.6 Å². The normalized spacial score (nSPS) is 39.0. The second-order valence-corrected chi connectivity index (χ2v) is 8.30. The number of carbonyl (C=O) groups is 2. The number of nitrogens with zero attached hydrogens (tertiary/aromatic N) is 3. The fourth-order valence-electron chi connectivity index (χ4n) is 5.87. The van der Waals surface area contributed by atoms with Crippen molar-refractivity contribution in [2.75, 3.05) is 11.5 Å². The SMILES string of the molecule is CC12OC(CCO)(C3OC31)C1C(=O)N(c3ccc(C#N)c4ncccc34)C(=O)C12. The Bertz CT molecular complexity index is 1160. The third-order valence-electron chi connectivity index (χ3n) is 7.01. The van der Waals surface area contributed by atoms with E-state index in [-0.39, 0.29) is 37.0 Å². The molecule has 2 aromatic rings. The Morgan fingerprint density at radius 2 is 2.03 bits per heavy atom. The zero-order valence-corrected chi connectivity index (χ0v) is 15.5. The number of aliphatic hydroxyl groups excluding tert-OH is 1. The number of amides is 2. The summed E-state index contributed by atoms with van der Waals surface area (Å²) in [6.45, 7) is 1.67. The summed E-state index contributed by atoms with van der Waals surface area (Å²) in [7, 11) is 0. The average molecular weight is 391 g/mol. The summed E-state index contributed by atoms with van der Waals surface area (Å²) in [5.41, 5.74) is -0.598. The maximum atomic E-state index is 13.6. The van der Waals surface area contributed by atoms with Gasteiger partial charge in [0.2, 0.25) is 11.8 Å². The van der Waals surface area contributed by atoms with E-state index in [1.165, 1.54) is 4.90 Å². The number of epoxide rings is 1. The van der Waals surface area contributed by atoms with E-state index in [2.05, 4.69) is 11.1 Å². The van der Waals surface area contributed by atoms with Gasteiger partial charge >= 0.3 is 0 Å². The number of ether oxygens (including phenoxy) is 2. The zero-order chi connectivity index (χ0) is 20.1. The standard InChI is InChI=1S/C21H17N3O5/c1-20-13-14(21(29-20,6-8-25)17-16(20)28-17)19(27)24(18(13)26)12-5-4-10(9-22)15-11(12)3-2-7-23-15/h2-5,7,13-14,16-17,25H,6,8H2,1H3. The predicted octanol–water partition coefficient (Wildman–Crippen LogP) is 0.903. The van der Waals surface area contributed by atoms with Crippen LogP contribution in [0.3, 0.4) is 0 Å². The molecule has 8 heteroatoms. The van der Waals surface area contributed by atoms with Crippen molar-refractivity contribution in [3.8, 4) is 6.07 Å². The monoisotopic (exact) mass is 391 g/mol. The number of pyridine rings is 1. The lowest BCUT2D eigenvalue weighted by atomic mass is 9.67. The van der Waals surface area contributed by atoms with Crippen LogP contribution in [0.25, 0.3) is 10.9 Å². The molecular formula is C21H17N3O5. The molecule has 0 aliphatic carbocycles. The molecule has 0 radical (unpaired) electrons. The first-order chi connectivity index (χ1) is 14.0. The summed E-state index contributed by atoms with van der Waals surface area (Å²) in [6, 6.07) is 8.77.